The van der Waals surface area contributed by atoms with Gasteiger partial charge in [-0.3, -0.25) is 4.98 Å². The van der Waals surface area contributed by atoms with E-state index in [4.69, 9.17) is 14.4 Å². The van der Waals surface area contributed by atoms with E-state index >= 15 is 0 Å². The Hall–Kier alpha value is -3.98. The molecule has 3 aromatic heterocycles. The zero-order valence-electron chi connectivity index (χ0n) is 17.4. The quantitative estimate of drug-likeness (QED) is 0.302. The molecule has 6 aromatic rings. The molecule has 0 unspecified atom stereocenters. The number of nitrogens with zero attached hydrogens (tertiary/aromatic N) is 2. The lowest BCUT2D eigenvalue weighted by Gasteiger charge is -2.10. The molecule has 148 valence electrons. The molecule has 3 heteroatoms. The number of furan rings is 1. The van der Waals surface area contributed by atoms with E-state index in [1.165, 1.54) is 21.9 Å². The van der Waals surface area contributed by atoms with E-state index < -0.39 is 0 Å². The van der Waals surface area contributed by atoms with Crippen molar-refractivity contribution in [2.45, 2.75) is 13.8 Å². The molecule has 0 saturated carbocycles. The topological polar surface area (TPSA) is 38.9 Å². The normalized spacial score (nSPS) is 11.5. The molecule has 0 bridgehead atoms. The van der Waals surface area contributed by atoms with Crippen molar-refractivity contribution in [3.63, 3.8) is 0 Å². The van der Waals surface area contributed by atoms with Gasteiger partial charge in [0.25, 0.3) is 0 Å². The average Bonchev–Trinajstić information content (AvgIpc) is 3.27. The lowest BCUT2D eigenvalue weighted by atomic mass is 9.97. The van der Waals surface area contributed by atoms with E-state index in [-0.39, 0.29) is 0 Å². The Morgan fingerprint density at radius 3 is 2.55 bits per heavy atom. The fraction of sp³-hybridized carbons (Fsp3) is 0.0714. The van der Waals surface area contributed by atoms with Crippen LogP contribution in [0.25, 0.3) is 55.0 Å². The first kappa shape index (κ1) is 17.8. The zero-order valence-corrected chi connectivity index (χ0v) is 17.4. The largest absolute Gasteiger partial charge is 0.462 e. The molecular formula is C28H20N2O. The molecule has 3 aromatic carbocycles. The molecule has 0 fully saturated rings. The van der Waals surface area contributed by atoms with Gasteiger partial charge in [0, 0.05) is 28.2 Å². The van der Waals surface area contributed by atoms with Crippen LogP contribution < -0.4 is 0 Å². The number of fused-ring (bicyclic) bond motifs is 4. The van der Waals surface area contributed by atoms with Crippen LogP contribution in [-0.2, 0) is 0 Å². The molecular weight excluding hydrogens is 380 g/mol. The molecule has 6 rings (SSSR count). The first-order valence-electron chi connectivity index (χ1n) is 10.4. The Morgan fingerprint density at radius 2 is 1.61 bits per heavy atom. The second-order valence-electron chi connectivity index (χ2n) is 8.05. The molecule has 0 aliphatic heterocycles. The maximum Gasteiger partial charge on any atom is 0.160 e. The fourth-order valence-electron chi connectivity index (χ4n) is 4.40. The van der Waals surface area contributed by atoms with Crippen LogP contribution in [0, 0.1) is 13.8 Å². The summed E-state index contributed by atoms with van der Waals surface area (Å²) in [6.07, 6.45) is 3.61. The van der Waals surface area contributed by atoms with Crippen molar-refractivity contribution in [3.05, 3.63) is 96.5 Å². The molecule has 3 heterocycles. The van der Waals surface area contributed by atoms with Crippen LogP contribution in [0.2, 0.25) is 0 Å². The van der Waals surface area contributed by atoms with Gasteiger partial charge in [-0.05, 0) is 77.7 Å². The van der Waals surface area contributed by atoms with Crippen LogP contribution in [0.5, 0.6) is 0 Å². The van der Waals surface area contributed by atoms with Crippen LogP contribution in [0.4, 0.5) is 0 Å². The maximum absolute atomic E-state index is 5.74. The van der Waals surface area contributed by atoms with E-state index in [2.05, 4.69) is 67.6 Å². The Kier molecular flexibility index (Phi) is 3.90. The van der Waals surface area contributed by atoms with Gasteiger partial charge >= 0.3 is 0 Å². The van der Waals surface area contributed by atoms with E-state index in [1.807, 2.05) is 25.3 Å². The third-order valence-corrected chi connectivity index (χ3v) is 6.00. The van der Waals surface area contributed by atoms with Gasteiger partial charge in [-0.2, -0.15) is 0 Å². The minimum Gasteiger partial charge on any atom is -0.462 e. The molecule has 31 heavy (non-hydrogen) atoms. The molecule has 0 amide bonds. The lowest BCUT2D eigenvalue weighted by molar-refractivity contribution is 0.618. The smallest absolute Gasteiger partial charge is 0.160 e. The highest BCUT2D eigenvalue weighted by Gasteiger charge is 2.14. The minimum atomic E-state index is 0.823. The van der Waals surface area contributed by atoms with Gasteiger partial charge in [-0.15, -0.1) is 0 Å². The van der Waals surface area contributed by atoms with Crippen molar-refractivity contribution in [2.24, 2.45) is 0 Å². The van der Waals surface area contributed by atoms with Crippen LogP contribution in [0.1, 0.15) is 11.3 Å². The number of aryl methyl sites for hydroxylation is 2. The highest BCUT2D eigenvalue weighted by atomic mass is 16.3. The standard InChI is InChI=1S/C28H20N2O/c1-17-4-3-5-21-14-19(7-9-23(17)21)20-10-12-29-26(16-20)25-15-22-11-13-31-28(22)27-24(25)8-6-18(2)30-27/h3-16H,1-2H3. The molecule has 0 N–H and O–H groups in total. The third-order valence-electron chi connectivity index (χ3n) is 6.00. The first-order chi connectivity index (χ1) is 15.2. The van der Waals surface area contributed by atoms with Crippen LogP contribution in [0.3, 0.4) is 0 Å². The summed E-state index contributed by atoms with van der Waals surface area (Å²) in [7, 11) is 0. The highest BCUT2D eigenvalue weighted by Crippen LogP contribution is 2.35. The first-order valence-corrected chi connectivity index (χ1v) is 10.4. The van der Waals surface area contributed by atoms with Gasteiger partial charge in [0.2, 0.25) is 0 Å². The lowest BCUT2D eigenvalue weighted by Crippen LogP contribution is -1.91. The second kappa shape index (κ2) is 6.78. The number of hydrogen-bond donors (Lipinski definition) is 0. The summed E-state index contributed by atoms with van der Waals surface area (Å²) in [5.41, 5.74) is 8.29. The van der Waals surface area contributed by atoms with Crippen LogP contribution >= 0.6 is 0 Å². The Balaban J connectivity index is 1.56. The molecule has 0 aliphatic rings. The summed E-state index contributed by atoms with van der Waals surface area (Å²) in [6.45, 7) is 4.15. The number of hydrogen-bond acceptors (Lipinski definition) is 3. The Bertz CT molecular complexity index is 1610. The number of pyridine rings is 2. The van der Waals surface area contributed by atoms with E-state index in [9.17, 15) is 0 Å². The van der Waals surface area contributed by atoms with Crippen molar-refractivity contribution in [1.29, 1.82) is 0 Å². The van der Waals surface area contributed by atoms with Crippen molar-refractivity contribution < 1.29 is 4.42 Å². The van der Waals surface area contributed by atoms with E-state index in [1.54, 1.807) is 6.26 Å². The number of rotatable bonds is 2. The summed E-state index contributed by atoms with van der Waals surface area (Å²) < 4.78 is 5.74. The van der Waals surface area contributed by atoms with Crippen molar-refractivity contribution >= 4 is 32.6 Å². The fourth-order valence-corrected chi connectivity index (χ4v) is 4.40. The summed E-state index contributed by atoms with van der Waals surface area (Å²) in [5, 5.41) is 4.63. The average molecular weight is 400 g/mol. The summed E-state index contributed by atoms with van der Waals surface area (Å²) >= 11 is 0. The van der Waals surface area contributed by atoms with Gasteiger partial charge in [0.05, 0.1) is 12.0 Å². The monoisotopic (exact) mass is 400 g/mol. The molecule has 0 saturated heterocycles. The van der Waals surface area contributed by atoms with Gasteiger partial charge in [0.15, 0.2) is 5.58 Å². The Labute approximate surface area is 180 Å². The third kappa shape index (κ3) is 2.89. The highest BCUT2D eigenvalue weighted by molar-refractivity contribution is 6.09. The second-order valence-corrected chi connectivity index (χ2v) is 8.05. The van der Waals surface area contributed by atoms with Gasteiger partial charge in [-0.25, -0.2) is 4.98 Å². The summed E-state index contributed by atoms with van der Waals surface area (Å²) in [5.74, 6) is 0. The summed E-state index contributed by atoms with van der Waals surface area (Å²) in [4.78, 5) is 9.48. The predicted molar refractivity (Wildman–Crippen MR) is 127 cm³/mol. The van der Waals surface area contributed by atoms with Crippen LogP contribution in [-0.4, -0.2) is 9.97 Å². The number of aromatic nitrogens is 2. The van der Waals surface area contributed by atoms with E-state index in [0.717, 1.165) is 44.4 Å². The molecule has 3 nitrogen and oxygen atoms in total. The maximum atomic E-state index is 5.74. The van der Waals surface area contributed by atoms with Crippen molar-refractivity contribution in [3.8, 4) is 22.4 Å². The van der Waals surface area contributed by atoms with Crippen LogP contribution in [0.15, 0.2) is 89.7 Å². The van der Waals surface area contributed by atoms with E-state index in [0.29, 0.717) is 0 Å². The Morgan fingerprint density at radius 1 is 0.742 bits per heavy atom. The molecule has 0 radical (unpaired) electrons. The molecule has 0 aliphatic carbocycles. The summed E-state index contributed by atoms with van der Waals surface area (Å²) in [6, 6.07) is 25.6. The number of benzene rings is 3. The van der Waals surface area contributed by atoms with Gasteiger partial charge in [-0.1, -0.05) is 36.4 Å². The van der Waals surface area contributed by atoms with Gasteiger partial charge < -0.3 is 4.42 Å². The zero-order chi connectivity index (χ0) is 20.9. The van der Waals surface area contributed by atoms with Gasteiger partial charge in [0.1, 0.15) is 5.52 Å². The SMILES string of the molecule is Cc1ccc2c(-c3cc(-c4ccc5c(C)cccc5c4)ccn3)cc3ccoc3c2n1. The minimum absolute atomic E-state index is 0.823. The van der Waals surface area contributed by atoms with Crippen molar-refractivity contribution in [1.82, 2.24) is 9.97 Å². The molecule has 0 spiro atoms. The molecule has 0 atom stereocenters. The predicted octanol–water partition coefficient (Wildman–Crippen LogP) is 7.48. The van der Waals surface area contributed by atoms with Crippen molar-refractivity contribution in [2.75, 3.05) is 0 Å².